The molecule has 0 amide bonds. The Morgan fingerprint density at radius 3 is 2.77 bits per heavy atom. The Kier molecular flexibility index (Phi) is 4.54. The molecule has 2 aromatic carbocycles. The molecule has 0 aliphatic carbocycles. The summed E-state index contributed by atoms with van der Waals surface area (Å²) in [5.74, 6) is 0. The molecule has 2 heterocycles. The second kappa shape index (κ2) is 7.14. The van der Waals surface area contributed by atoms with Crippen LogP contribution in [0.3, 0.4) is 0 Å². The zero-order valence-corrected chi connectivity index (χ0v) is 15.3. The summed E-state index contributed by atoms with van der Waals surface area (Å²) in [5.41, 5.74) is 3.42. The van der Waals surface area contributed by atoms with Gasteiger partial charge in [-0.05, 0) is 36.3 Å². The lowest BCUT2D eigenvalue weighted by Crippen LogP contribution is -2.42. The number of hydrogen-bond donors (Lipinski definition) is 0. The number of nitrogens with zero attached hydrogens (tertiary/aromatic N) is 3. The third-order valence-corrected chi connectivity index (χ3v) is 5.34. The topological polar surface area (TPSA) is 37.6 Å². The van der Waals surface area contributed by atoms with Crippen molar-refractivity contribution in [3.63, 3.8) is 0 Å². The molecule has 1 aliphatic heterocycles. The predicted octanol–water partition coefficient (Wildman–Crippen LogP) is 2.77. The molecule has 0 atom stereocenters. The monoisotopic (exact) mass is 361 g/mol. The predicted molar refractivity (Wildman–Crippen MR) is 108 cm³/mol. The van der Waals surface area contributed by atoms with E-state index in [4.69, 9.17) is 0 Å². The van der Waals surface area contributed by atoms with Gasteiger partial charge < -0.3 is 4.90 Å². The molecular weight excluding hydrogens is 342 g/mol. The van der Waals surface area contributed by atoms with E-state index in [1.54, 1.807) is 4.57 Å². The zero-order chi connectivity index (χ0) is 17.9. The Labute approximate surface area is 155 Å². The summed E-state index contributed by atoms with van der Waals surface area (Å²) in [6.45, 7) is 3.18. The van der Waals surface area contributed by atoms with Crippen LogP contribution in [0.25, 0.3) is 12.2 Å². The molecule has 0 radical (unpaired) electrons. The smallest absolute Gasteiger partial charge is 0.271 e. The highest BCUT2D eigenvalue weighted by Gasteiger charge is 2.15. The molecular formula is C21H19N3OS. The summed E-state index contributed by atoms with van der Waals surface area (Å²) >= 11 is 1.45. The van der Waals surface area contributed by atoms with Gasteiger partial charge in [0.15, 0.2) is 4.80 Å². The molecule has 0 bridgehead atoms. The van der Waals surface area contributed by atoms with Crippen molar-refractivity contribution >= 4 is 29.2 Å². The van der Waals surface area contributed by atoms with Crippen LogP contribution in [-0.4, -0.2) is 11.2 Å². The highest BCUT2D eigenvalue weighted by atomic mass is 32.1. The van der Waals surface area contributed by atoms with E-state index in [2.05, 4.69) is 35.0 Å². The first-order valence-corrected chi connectivity index (χ1v) is 9.31. The average Bonchev–Trinajstić information content (AvgIpc) is 2.98. The maximum Gasteiger partial charge on any atom is 0.271 e. The van der Waals surface area contributed by atoms with Crippen LogP contribution in [0, 0.1) is 6.92 Å². The lowest BCUT2D eigenvalue weighted by Gasteiger charge is -2.25. The van der Waals surface area contributed by atoms with E-state index >= 15 is 0 Å². The fourth-order valence-electron chi connectivity index (χ4n) is 2.92. The fraction of sp³-hybridized carbons (Fsp3) is 0.143. The first-order valence-electron chi connectivity index (χ1n) is 8.50. The molecule has 130 valence electrons. The Bertz CT molecular complexity index is 1130. The molecule has 0 spiro atoms. The second-order valence-electron chi connectivity index (χ2n) is 6.24. The van der Waals surface area contributed by atoms with Crippen molar-refractivity contribution in [2.24, 2.45) is 4.99 Å². The third kappa shape index (κ3) is 3.39. The standard InChI is InChI=1S/C21H19N3OS/c1-16-7-5-11-18(13-16)23-14-22-21-24(15-23)20(25)19(26-21)12-6-10-17-8-3-2-4-9-17/h2-13H,14-15H2,1H3/b10-6+,19-12-. The van der Waals surface area contributed by atoms with Gasteiger partial charge in [-0.3, -0.25) is 9.36 Å². The van der Waals surface area contributed by atoms with Crippen molar-refractivity contribution in [2.45, 2.75) is 13.6 Å². The van der Waals surface area contributed by atoms with Crippen molar-refractivity contribution < 1.29 is 0 Å². The summed E-state index contributed by atoms with van der Waals surface area (Å²) in [7, 11) is 0. The van der Waals surface area contributed by atoms with Gasteiger partial charge in [-0.15, -0.1) is 0 Å². The number of benzene rings is 2. The molecule has 1 aliphatic rings. The number of allylic oxidation sites excluding steroid dienone is 1. The highest BCUT2D eigenvalue weighted by Crippen LogP contribution is 2.17. The molecule has 0 saturated carbocycles. The summed E-state index contributed by atoms with van der Waals surface area (Å²) < 4.78 is 2.46. The molecule has 5 heteroatoms. The molecule has 3 aromatic rings. The lowest BCUT2D eigenvalue weighted by atomic mass is 10.2. The highest BCUT2D eigenvalue weighted by molar-refractivity contribution is 7.07. The molecule has 0 N–H and O–H groups in total. The van der Waals surface area contributed by atoms with Gasteiger partial charge in [-0.1, -0.05) is 66.0 Å². The zero-order valence-electron chi connectivity index (χ0n) is 14.5. The van der Waals surface area contributed by atoms with Crippen molar-refractivity contribution in [1.82, 2.24) is 4.57 Å². The quantitative estimate of drug-likeness (QED) is 0.719. The van der Waals surface area contributed by atoms with Crippen LogP contribution >= 0.6 is 11.3 Å². The van der Waals surface area contributed by atoms with Crippen molar-refractivity contribution in [2.75, 3.05) is 11.6 Å². The van der Waals surface area contributed by atoms with Gasteiger partial charge in [-0.25, -0.2) is 4.99 Å². The van der Waals surface area contributed by atoms with E-state index in [-0.39, 0.29) is 5.56 Å². The van der Waals surface area contributed by atoms with E-state index in [0.717, 1.165) is 16.1 Å². The minimum Gasteiger partial charge on any atom is -0.334 e. The Hall–Kier alpha value is -2.92. The number of hydrogen-bond acceptors (Lipinski definition) is 4. The third-order valence-electron chi connectivity index (χ3n) is 4.28. The maximum atomic E-state index is 12.7. The van der Waals surface area contributed by atoms with Crippen LogP contribution in [0.15, 0.2) is 70.5 Å². The van der Waals surface area contributed by atoms with E-state index < -0.39 is 0 Å². The summed E-state index contributed by atoms with van der Waals surface area (Å²) in [5, 5.41) is 0. The molecule has 1 aromatic heterocycles. The van der Waals surface area contributed by atoms with Gasteiger partial charge in [0.2, 0.25) is 0 Å². The first-order chi connectivity index (χ1) is 12.7. The summed E-state index contributed by atoms with van der Waals surface area (Å²) in [6.07, 6.45) is 5.80. The largest absolute Gasteiger partial charge is 0.334 e. The normalized spacial score (nSPS) is 14.5. The van der Waals surface area contributed by atoms with Crippen molar-refractivity contribution in [3.05, 3.63) is 91.5 Å². The van der Waals surface area contributed by atoms with E-state index in [1.165, 1.54) is 16.9 Å². The molecule has 4 nitrogen and oxygen atoms in total. The average molecular weight is 361 g/mol. The molecule has 4 rings (SSSR count). The van der Waals surface area contributed by atoms with Crippen LogP contribution in [-0.2, 0) is 6.67 Å². The SMILES string of the molecule is Cc1cccc(N2CN=c3s/c(=C\C=C\c4ccccc4)c(=O)n3C2)c1. The summed E-state index contributed by atoms with van der Waals surface area (Å²) in [4.78, 5) is 20.2. The van der Waals surface area contributed by atoms with Crippen LogP contribution in [0.1, 0.15) is 11.1 Å². The molecule has 26 heavy (non-hydrogen) atoms. The lowest BCUT2D eigenvalue weighted by molar-refractivity contribution is 0.569. The maximum absolute atomic E-state index is 12.7. The van der Waals surface area contributed by atoms with E-state index in [9.17, 15) is 4.79 Å². The van der Waals surface area contributed by atoms with Crippen molar-refractivity contribution in [1.29, 1.82) is 0 Å². The molecule has 0 unspecified atom stereocenters. The Morgan fingerprint density at radius 1 is 1.12 bits per heavy atom. The second-order valence-corrected chi connectivity index (χ2v) is 7.25. The minimum atomic E-state index is 0.0174. The summed E-state index contributed by atoms with van der Waals surface area (Å²) in [6, 6.07) is 18.3. The number of fused-ring (bicyclic) bond motifs is 1. The van der Waals surface area contributed by atoms with Crippen LogP contribution in [0.2, 0.25) is 0 Å². The van der Waals surface area contributed by atoms with Gasteiger partial charge in [0.25, 0.3) is 5.56 Å². The number of rotatable bonds is 3. The Morgan fingerprint density at radius 2 is 1.96 bits per heavy atom. The molecule has 0 fully saturated rings. The van der Waals surface area contributed by atoms with Crippen molar-refractivity contribution in [3.8, 4) is 0 Å². The van der Waals surface area contributed by atoms with E-state index in [1.807, 2.05) is 54.6 Å². The Balaban J connectivity index is 1.62. The minimum absolute atomic E-state index is 0.0174. The fourth-order valence-corrected chi connectivity index (χ4v) is 3.84. The van der Waals surface area contributed by atoms with Crippen LogP contribution < -0.4 is 19.8 Å². The number of aromatic nitrogens is 1. The van der Waals surface area contributed by atoms with E-state index in [0.29, 0.717) is 17.9 Å². The number of thiazole rings is 1. The van der Waals surface area contributed by atoms with Crippen LogP contribution in [0.5, 0.6) is 0 Å². The van der Waals surface area contributed by atoms with Gasteiger partial charge in [0, 0.05) is 5.69 Å². The first kappa shape index (κ1) is 16.5. The molecule has 0 saturated heterocycles. The number of aryl methyl sites for hydroxylation is 1. The number of anilines is 1. The van der Waals surface area contributed by atoms with Gasteiger partial charge in [0.05, 0.1) is 4.53 Å². The van der Waals surface area contributed by atoms with Gasteiger partial charge in [0.1, 0.15) is 13.3 Å². The van der Waals surface area contributed by atoms with Crippen LogP contribution in [0.4, 0.5) is 5.69 Å². The van der Waals surface area contributed by atoms with Gasteiger partial charge >= 0.3 is 0 Å². The van der Waals surface area contributed by atoms with Gasteiger partial charge in [-0.2, -0.15) is 0 Å².